The third-order valence-electron chi connectivity index (χ3n) is 2.48. The number of nitrogens with zero attached hydrogens (tertiary/aromatic N) is 1. The number of nitrogens with two attached hydrogens (primary N) is 1. The van der Waals surface area contributed by atoms with Crippen molar-refractivity contribution in [2.45, 2.75) is 19.9 Å². The second-order valence-electron chi connectivity index (χ2n) is 4.02. The molecule has 1 aromatic heterocycles. The Morgan fingerprint density at radius 2 is 2.11 bits per heavy atom. The number of benzene rings is 1. The zero-order valence-corrected chi connectivity index (χ0v) is 10.00. The van der Waals surface area contributed by atoms with Gasteiger partial charge in [-0.25, -0.2) is 13.8 Å². The second-order valence-corrected chi connectivity index (χ2v) is 4.02. The van der Waals surface area contributed by atoms with Gasteiger partial charge in [0, 0.05) is 6.07 Å². The Morgan fingerprint density at radius 3 is 2.72 bits per heavy atom. The maximum absolute atomic E-state index is 13.3. The maximum atomic E-state index is 13.3. The van der Waals surface area contributed by atoms with Crippen LogP contribution in [0.3, 0.4) is 0 Å². The molecule has 0 aliphatic carbocycles. The van der Waals surface area contributed by atoms with Crippen LogP contribution in [0, 0.1) is 18.6 Å². The molecule has 4 nitrogen and oxygen atoms in total. The van der Waals surface area contributed by atoms with Gasteiger partial charge in [-0.1, -0.05) is 0 Å². The van der Waals surface area contributed by atoms with Crippen LogP contribution in [0.4, 0.5) is 20.2 Å². The first-order valence-electron chi connectivity index (χ1n) is 5.40. The van der Waals surface area contributed by atoms with Crippen molar-refractivity contribution in [2.75, 3.05) is 11.1 Å². The lowest BCUT2D eigenvalue weighted by Gasteiger charge is -2.14. The number of hydrogen-bond acceptors (Lipinski definition) is 4. The van der Waals surface area contributed by atoms with Crippen molar-refractivity contribution < 1.29 is 13.2 Å². The van der Waals surface area contributed by atoms with E-state index >= 15 is 0 Å². The highest BCUT2D eigenvalue weighted by molar-refractivity contribution is 5.67. The smallest absolute Gasteiger partial charge is 0.216 e. The summed E-state index contributed by atoms with van der Waals surface area (Å²) in [7, 11) is 0. The molecule has 1 atom stereocenters. The van der Waals surface area contributed by atoms with Crippen LogP contribution in [0.2, 0.25) is 0 Å². The monoisotopic (exact) mass is 253 g/mol. The number of halogens is 2. The molecule has 0 aliphatic heterocycles. The number of hydrogen-bond donors (Lipinski definition) is 2. The van der Waals surface area contributed by atoms with Gasteiger partial charge in [-0.05, 0) is 19.9 Å². The first-order valence-corrected chi connectivity index (χ1v) is 5.40. The summed E-state index contributed by atoms with van der Waals surface area (Å²) in [6.07, 6.45) is 1.57. The van der Waals surface area contributed by atoms with E-state index in [1.807, 2.05) is 0 Å². The number of aryl methyl sites for hydroxylation is 1. The van der Waals surface area contributed by atoms with Gasteiger partial charge in [0.1, 0.15) is 17.6 Å². The van der Waals surface area contributed by atoms with Crippen molar-refractivity contribution in [3.05, 3.63) is 41.6 Å². The fourth-order valence-corrected chi connectivity index (χ4v) is 1.57. The Hall–Kier alpha value is -2.11. The summed E-state index contributed by atoms with van der Waals surface area (Å²) >= 11 is 0. The largest absolute Gasteiger partial charge is 0.444 e. The zero-order valence-electron chi connectivity index (χ0n) is 10.00. The first kappa shape index (κ1) is 12.3. The number of nitrogen functional groups attached to an aromatic ring is 1. The number of oxazole rings is 1. The summed E-state index contributed by atoms with van der Waals surface area (Å²) in [5, 5.41) is 2.86. The lowest BCUT2D eigenvalue weighted by Crippen LogP contribution is -2.10. The van der Waals surface area contributed by atoms with E-state index in [9.17, 15) is 8.78 Å². The van der Waals surface area contributed by atoms with E-state index in [4.69, 9.17) is 10.2 Å². The van der Waals surface area contributed by atoms with E-state index in [2.05, 4.69) is 10.3 Å². The van der Waals surface area contributed by atoms with Crippen molar-refractivity contribution >= 4 is 11.4 Å². The molecule has 1 aromatic carbocycles. The van der Waals surface area contributed by atoms with Crippen LogP contribution >= 0.6 is 0 Å². The van der Waals surface area contributed by atoms with Crippen LogP contribution in [0.1, 0.15) is 24.6 Å². The van der Waals surface area contributed by atoms with Gasteiger partial charge in [0.05, 0.1) is 17.6 Å². The number of rotatable bonds is 3. The second kappa shape index (κ2) is 4.64. The quantitative estimate of drug-likeness (QED) is 0.825. The average molecular weight is 253 g/mol. The summed E-state index contributed by atoms with van der Waals surface area (Å²) in [5.41, 5.74) is 5.57. The predicted molar refractivity (Wildman–Crippen MR) is 64.0 cm³/mol. The first-order chi connectivity index (χ1) is 8.47. The standard InChI is InChI=1S/C12H13F2N3O/c1-6-5-16-12(18-6)7(2)17-10-4-8(13)3-9(14)11(10)15/h3-5,7,17H,15H2,1-2H3. The van der Waals surface area contributed by atoms with Crippen molar-refractivity contribution in [3.8, 4) is 0 Å². The maximum Gasteiger partial charge on any atom is 0.216 e. The number of aromatic nitrogens is 1. The van der Waals surface area contributed by atoms with Crippen molar-refractivity contribution in [2.24, 2.45) is 0 Å². The summed E-state index contributed by atoms with van der Waals surface area (Å²) in [4.78, 5) is 4.03. The highest BCUT2D eigenvalue weighted by Crippen LogP contribution is 2.27. The summed E-state index contributed by atoms with van der Waals surface area (Å²) in [6, 6.07) is 1.52. The molecule has 2 rings (SSSR count). The summed E-state index contributed by atoms with van der Waals surface area (Å²) in [6.45, 7) is 3.52. The number of nitrogens with one attached hydrogen (secondary N) is 1. The summed E-state index contributed by atoms with van der Waals surface area (Å²) < 4.78 is 31.7. The molecular weight excluding hydrogens is 240 g/mol. The van der Waals surface area contributed by atoms with Gasteiger partial charge in [0.25, 0.3) is 0 Å². The minimum Gasteiger partial charge on any atom is -0.444 e. The van der Waals surface area contributed by atoms with Crippen LogP contribution in [0.25, 0.3) is 0 Å². The van der Waals surface area contributed by atoms with E-state index in [-0.39, 0.29) is 17.4 Å². The summed E-state index contributed by atoms with van der Waals surface area (Å²) in [5.74, 6) is -0.401. The normalized spacial score (nSPS) is 12.4. The van der Waals surface area contributed by atoms with Crippen molar-refractivity contribution in [1.29, 1.82) is 0 Å². The van der Waals surface area contributed by atoms with Crippen LogP contribution < -0.4 is 11.1 Å². The molecule has 6 heteroatoms. The molecule has 0 radical (unpaired) electrons. The molecule has 0 spiro atoms. The molecule has 0 aliphatic rings. The van der Waals surface area contributed by atoms with Gasteiger partial charge < -0.3 is 15.5 Å². The zero-order chi connectivity index (χ0) is 13.3. The third kappa shape index (κ3) is 2.42. The van der Waals surface area contributed by atoms with Gasteiger partial charge in [0.2, 0.25) is 5.89 Å². The van der Waals surface area contributed by atoms with Crippen LogP contribution in [0.15, 0.2) is 22.7 Å². The van der Waals surface area contributed by atoms with Gasteiger partial charge in [-0.3, -0.25) is 0 Å². The van der Waals surface area contributed by atoms with E-state index in [0.717, 1.165) is 12.1 Å². The van der Waals surface area contributed by atoms with Crippen LogP contribution in [0.5, 0.6) is 0 Å². The SMILES string of the molecule is Cc1cnc(C(C)Nc2cc(F)cc(F)c2N)o1. The molecule has 3 N–H and O–H groups in total. The Labute approximate surface area is 103 Å². The van der Waals surface area contributed by atoms with Crippen molar-refractivity contribution in [1.82, 2.24) is 4.98 Å². The molecule has 1 unspecified atom stereocenters. The predicted octanol–water partition coefficient (Wildman–Crippen LogP) is 3.02. The highest BCUT2D eigenvalue weighted by atomic mass is 19.1. The Balaban J connectivity index is 2.24. The van der Waals surface area contributed by atoms with E-state index in [1.54, 1.807) is 20.0 Å². The molecule has 0 saturated carbocycles. The Kier molecular flexibility index (Phi) is 3.18. The minimum absolute atomic E-state index is 0.133. The van der Waals surface area contributed by atoms with E-state index in [0.29, 0.717) is 11.7 Å². The number of anilines is 2. The van der Waals surface area contributed by atoms with Gasteiger partial charge >= 0.3 is 0 Å². The fraction of sp³-hybridized carbons (Fsp3) is 0.250. The molecule has 96 valence electrons. The third-order valence-corrected chi connectivity index (χ3v) is 2.48. The minimum atomic E-state index is -0.798. The van der Waals surface area contributed by atoms with Crippen LogP contribution in [-0.4, -0.2) is 4.98 Å². The molecule has 18 heavy (non-hydrogen) atoms. The molecule has 1 heterocycles. The van der Waals surface area contributed by atoms with Crippen LogP contribution in [-0.2, 0) is 0 Å². The highest BCUT2D eigenvalue weighted by Gasteiger charge is 2.15. The molecular formula is C12H13F2N3O. The van der Waals surface area contributed by atoms with Crippen molar-refractivity contribution in [3.63, 3.8) is 0 Å². The van der Waals surface area contributed by atoms with E-state index in [1.165, 1.54) is 0 Å². The lowest BCUT2D eigenvalue weighted by molar-refractivity contribution is 0.453. The van der Waals surface area contributed by atoms with Gasteiger partial charge in [-0.2, -0.15) is 0 Å². The average Bonchev–Trinajstić information content (AvgIpc) is 2.72. The Bertz CT molecular complexity index is 568. The fourth-order valence-electron chi connectivity index (χ4n) is 1.57. The van der Waals surface area contributed by atoms with Gasteiger partial charge in [-0.15, -0.1) is 0 Å². The molecule has 0 saturated heterocycles. The molecule has 0 amide bonds. The molecule has 0 fully saturated rings. The topological polar surface area (TPSA) is 64.1 Å². The lowest BCUT2D eigenvalue weighted by atomic mass is 10.2. The Morgan fingerprint density at radius 1 is 1.39 bits per heavy atom. The molecule has 0 bridgehead atoms. The van der Waals surface area contributed by atoms with E-state index < -0.39 is 11.6 Å². The molecule has 2 aromatic rings. The van der Waals surface area contributed by atoms with Gasteiger partial charge in [0.15, 0.2) is 5.82 Å².